The van der Waals surface area contributed by atoms with Crippen LogP contribution in [-0.2, 0) is 17.5 Å². The first-order valence-corrected chi connectivity index (χ1v) is 9.30. The zero-order valence-electron chi connectivity index (χ0n) is 14.7. The van der Waals surface area contributed by atoms with Gasteiger partial charge in [-0.25, -0.2) is 0 Å². The maximum absolute atomic E-state index is 12.7. The Morgan fingerprint density at radius 1 is 1.04 bits per heavy atom. The number of thioether (sulfide) groups is 1. The van der Waals surface area contributed by atoms with Gasteiger partial charge in [-0.3, -0.25) is 9.59 Å². The number of alkyl halides is 3. The van der Waals surface area contributed by atoms with Crippen LogP contribution in [-0.4, -0.2) is 26.9 Å². The van der Waals surface area contributed by atoms with E-state index in [9.17, 15) is 22.8 Å². The quantitative estimate of drug-likeness (QED) is 0.612. The van der Waals surface area contributed by atoms with Crippen LogP contribution in [0.4, 0.5) is 18.0 Å². The summed E-state index contributed by atoms with van der Waals surface area (Å²) in [6.07, 6.45) is -2.52. The highest BCUT2D eigenvalue weighted by molar-refractivity contribution is 8.26. The van der Waals surface area contributed by atoms with Gasteiger partial charge in [0, 0.05) is 42.5 Å². The molecule has 1 saturated heterocycles. The van der Waals surface area contributed by atoms with Gasteiger partial charge in [-0.1, -0.05) is 24.3 Å². The SMILES string of the molecule is CN1C(=O)SC(=O)C1c1cccc2c1ccn2Cc1ccc(C(F)(F)F)cc1. The molecule has 0 radical (unpaired) electrons. The third-order valence-corrected chi connectivity index (χ3v) is 5.75. The maximum Gasteiger partial charge on any atom is 0.416 e. The van der Waals surface area contributed by atoms with E-state index in [0.717, 1.165) is 34.2 Å². The number of halogens is 3. The fourth-order valence-corrected chi connectivity index (χ4v) is 4.25. The average molecular weight is 404 g/mol. The van der Waals surface area contributed by atoms with Crippen LogP contribution in [0.25, 0.3) is 10.9 Å². The highest BCUT2D eigenvalue weighted by Gasteiger charge is 2.39. The lowest BCUT2D eigenvalue weighted by molar-refractivity contribution is -0.137. The molecule has 1 aromatic heterocycles. The summed E-state index contributed by atoms with van der Waals surface area (Å²) < 4.78 is 40.1. The number of aromatic nitrogens is 1. The van der Waals surface area contributed by atoms with Crippen LogP contribution in [0.5, 0.6) is 0 Å². The molecule has 4 rings (SSSR count). The molecule has 3 aromatic rings. The Bertz CT molecular complexity index is 1070. The summed E-state index contributed by atoms with van der Waals surface area (Å²) in [7, 11) is 1.60. The summed E-state index contributed by atoms with van der Waals surface area (Å²) in [5.41, 5.74) is 1.65. The van der Waals surface area contributed by atoms with E-state index in [1.165, 1.54) is 17.0 Å². The predicted molar refractivity (Wildman–Crippen MR) is 101 cm³/mol. The van der Waals surface area contributed by atoms with Crippen molar-refractivity contribution < 1.29 is 22.8 Å². The van der Waals surface area contributed by atoms with Crippen molar-refractivity contribution in [2.24, 2.45) is 0 Å². The summed E-state index contributed by atoms with van der Waals surface area (Å²) >= 11 is 0.702. The molecule has 144 valence electrons. The lowest BCUT2D eigenvalue weighted by Gasteiger charge is -2.18. The first kappa shape index (κ1) is 18.6. The second-order valence-corrected chi connectivity index (χ2v) is 7.57. The van der Waals surface area contributed by atoms with E-state index in [-0.39, 0.29) is 10.4 Å². The van der Waals surface area contributed by atoms with Gasteiger partial charge in [-0.15, -0.1) is 0 Å². The molecular weight excluding hydrogens is 389 g/mol. The van der Waals surface area contributed by atoms with Crippen LogP contribution in [0.15, 0.2) is 54.7 Å². The number of amides is 1. The predicted octanol–water partition coefficient (Wildman–Crippen LogP) is 5.07. The second-order valence-electron chi connectivity index (χ2n) is 6.62. The van der Waals surface area contributed by atoms with Gasteiger partial charge in [0.25, 0.3) is 5.24 Å². The molecule has 0 aliphatic carbocycles. The van der Waals surface area contributed by atoms with Crippen molar-refractivity contribution in [3.63, 3.8) is 0 Å². The highest BCUT2D eigenvalue weighted by atomic mass is 32.2. The Balaban J connectivity index is 1.67. The van der Waals surface area contributed by atoms with Crippen molar-refractivity contribution in [2.75, 3.05) is 7.05 Å². The first-order chi connectivity index (χ1) is 13.3. The summed E-state index contributed by atoms with van der Waals surface area (Å²) in [6.45, 7) is 0.396. The van der Waals surface area contributed by atoms with Gasteiger partial charge in [0.05, 0.1) is 5.56 Å². The highest BCUT2D eigenvalue weighted by Crippen LogP contribution is 2.38. The number of benzene rings is 2. The molecule has 4 nitrogen and oxygen atoms in total. The van der Waals surface area contributed by atoms with Gasteiger partial charge in [-0.2, -0.15) is 13.2 Å². The molecule has 1 atom stereocenters. The van der Waals surface area contributed by atoms with Gasteiger partial charge in [0.1, 0.15) is 6.04 Å². The van der Waals surface area contributed by atoms with Crippen LogP contribution in [0.2, 0.25) is 0 Å². The van der Waals surface area contributed by atoms with E-state index in [0.29, 0.717) is 18.3 Å². The van der Waals surface area contributed by atoms with Crippen molar-refractivity contribution in [1.82, 2.24) is 9.47 Å². The minimum Gasteiger partial charge on any atom is -0.343 e. The number of fused-ring (bicyclic) bond motifs is 1. The number of rotatable bonds is 3. The average Bonchev–Trinajstić information content (AvgIpc) is 3.16. The number of hydrogen-bond donors (Lipinski definition) is 0. The molecule has 1 amide bonds. The molecule has 0 saturated carbocycles. The lowest BCUT2D eigenvalue weighted by Crippen LogP contribution is -2.23. The fourth-order valence-electron chi connectivity index (χ4n) is 3.43. The van der Waals surface area contributed by atoms with Gasteiger partial charge >= 0.3 is 6.18 Å². The molecule has 0 spiro atoms. The second kappa shape index (κ2) is 6.70. The van der Waals surface area contributed by atoms with Gasteiger partial charge in [0.15, 0.2) is 0 Å². The minimum absolute atomic E-state index is 0.213. The largest absolute Gasteiger partial charge is 0.416 e. The Kier molecular flexibility index (Phi) is 4.45. The van der Waals surface area contributed by atoms with Gasteiger partial charge in [0.2, 0.25) is 5.12 Å². The summed E-state index contributed by atoms with van der Waals surface area (Å²) in [5, 5.41) is 0.349. The molecule has 0 N–H and O–H groups in total. The molecule has 1 fully saturated rings. The number of likely N-dealkylation sites (N-methyl/N-ethyl adjacent to an activating group) is 1. The van der Waals surface area contributed by atoms with Crippen molar-refractivity contribution in [3.05, 3.63) is 71.4 Å². The molecule has 8 heteroatoms. The standard InChI is InChI=1S/C20H15F3N2O2S/c1-24-17(18(26)28-19(24)27)15-3-2-4-16-14(15)9-10-25(16)11-12-5-7-13(8-6-12)20(21,22)23/h2-10,17H,11H2,1H3. The number of carbonyl (C=O) groups excluding carboxylic acids is 2. The van der Waals surface area contributed by atoms with Crippen LogP contribution in [0.1, 0.15) is 22.7 Å². The summed E-state index contributed by atoms with van der Waals surface area (Å²) in [6, 6.07) is 11.8. The first-order valence-electron chi connectivity index (χ1n) is 8.48. The molecule has 1 aliphatic rings. The van der Waals surface area contributed by atoms with Crippen molar-refractivity contribution in [2.45, 2.75) is 18.8 Å². The normalized spacial score (nSPS) is 17.7. The number of hydrogen-bond acceptors (Lipinski definition) is 3. The molecule has 2 aromatic carbocycles. The van der Waals surface area contributed by atoms with Gasteiger partial charge in [-0.05, 0) is 35.4 Å². The molecule has 1 unspecified atom stereocenters. The fraction of sp³-hybridized carbons (Fsp3) is 0.200. The molecular formula is C20H15F3N2O2S. The van der Waals surface area contributed by atoms with Crippen molar-refractivity contribution >= 4 is 33.0 Å². The smallest absolute Gasteiger partial charge is 0.343 e. The molecule has 1 aliphatic heterocycles. The Morgan fingerprint density at radius 2 is 1.75 bits per heavy atom. The van der Waals surface area contributed by atoms with Crippen molar-refractivity contribution in [3.8, 4) is 0 Å². The van der Waals surface area contributed by atoms with Crippen LogP contribution < -0.4 is 0 Å². The van der Waals surface area contributed by atoms with E-state index in [4.69, 9.17) is 0 Å². The molecule has 0 bridgehead atoms. The monoisotopic (exact) mass is 404 g/mol. The third-order valence-electron chi connectivity index (χ3n) is 4.86. The Labute approximate surface area is 162 Å². The van der Waals surface area contributed by atoms with E-state index in [1.807, 2.05) is 35.0 Å². The molecule has 2 heterocycles. The summed E-state index contributed by atoms with van der Waals surface area (Å²) in [4.78, 5) is 25.5. The minimum atomic E-state index is -4.36. The number of carbonyl (C=O) groups is 2. The third kappa shape index (κ3) is 3.17. The maximum atomic E-state index is 12.7. The van der Waals surface area contributed by atoms with Crippen LogP contribution in [0.3, 0.4) is 0 Å². The topological polar surface area (TPSA) is 42.3 Å². The van der Waals surface area contributed by atoms with Crippen LogP contribution in [0, 0.1) is 0 Å². The van der Waals surface area contributed by atoms with E-state index in [1.54, 1.807) is 7.05 Å². The van der Waals surface area contributed by atoms with E-state index >= 15 is 0 Å². The van der Waals surface area contributed by atoms with Crippen LogP contribution >= 0.6 is 11.8 Å². The molecule has 28 heavy (non-hydrogen) atoms. The van der Waals surface area contributed by atoms with Crippen molar-refractivity contribution in [1.29, 1.82) is 0 Å². The number of nitrogens with zero attached hydrogens (tertiary/aromatic N) is 2. The Hall–Kier alpha value is -2.74. The zero-order valence-corrected chi connectivity index (χ0v) is 15.6. The van der Waals surface area contributed by atoms with Gasteiger partial charge < -0.3 is 9.47 Å². The lowest BCUT2D eigenvalue weighted by atomic mass is 10.0. The zero-order chi connectivity index (χ0) is 20.1. The van der Waals surface area contributed by atoms with E-state index < -0.39 is 17.8 Å². The summed E-state index contributed by atoms with van der Waals surface area (Å²) in [5.74, 6) is 0. The Morgan fingerprint density at radius 3 is 2.36 bits per heavy atom. The van der Waals surface area contributed by atoms with E-state index in [2.05, 4.69) is 0 Å².